The SMILES string of the molecule is Cc1nn(C)c(Oc2cccc(Cl)c2)c1CBr. The van der Waals surface area contributed by atoms with Gasteiger partial charge in [-0.1, -0.05) is 33.6 Å². The number of aryl methyl sites for hydroxylation is 2. The van der Waals surface area contributed by atoms with Crippen LogP contribution in [0.1, 0.15) is 11.3 Å². The number of aromatic nitrogens is 2. The average Bonchev–Trinajstić information content (AvgIpc) is 2.53. The Morgan fingerprint density at radius 3 is 2.88 bits per heavy atom. The van der Waals surface area contributed by atoms with E-state index in [1.54, 1.807) is 10.7 Å². The molecule has 17 heavy (non-hydrogen) atoms. The van der Waals surface area contributed by atoms with Crippen LogP contribution in [0.15, 0.2) is 24.3 Å². The van der Waals surface area contributed by atoms with Crippen LogP contribution in [0.2, 0.25) is 5.02 Å². The van der Waals surface area contributed by atoms with Crippen LogP contribution >= 0.6 is 27.5 Å². The molecule has 0 saturated carbocycles. The summed E-state index contributed by atoms with van der Waals surface area (Å²) < 4.78 is 7.55. The van der Waals surface area contributed by atoms with Crippen molar-refractivity contribution in [1.82, 2.24) is 9.78 Å². The van der Waals surface area contributed by atoms with Crippen LogP contribution in [0.5, 0.6) is 11.6 Å². The van der Waals surface area contributed by atoms with E-state index in [0.717, 1.165) is 17.1 Å². The Morgan fingerprint density at radius 1 is 1.47 bits per heavy atom. The van der Waals surface area contributed by atoms with Gasteiger partial charge in [0.25, 0.3) is 0 Å². The standard InChI is InChI=1S/C12H12BrClN2O/c1-8-11(7-13)12(16(2)15-8)17-10-5-3-4-9(14)6-10/h3-6H,7H2,1-2H3. The first-order valence-electron chi connectivity index (χ1n) is 5.13. The molecule has 0 atom stereocenters. The van der Waals surface area contributed by atoms with Crippen molar-refractivity contribution in [3.8, 4) is 11.6 Å². The Labute approximate surface area is 113 Å². The van der Waals surface area contributed by atoms with Gasteiger partial charge in [0.1, 0.15) is 5.75 Å². The summed E-state index contributed by atoms with van der Waals surface area (Å²) >= 11 is 9.36. The molecule has 0 unspecified atom stereocenters. The Morgan fingerprint density at radius 2 is 2.24 bits per heavy atom. The van der Waals surface area contributed by atoms with E-state index in [0.29, 0.717) is 16.1 Å². The van der Waals surface area contributed by atoms with Gasteiger partial charge >= 0.3 is 0 Å². The summed E-state index contributed by atoms with van der Waals surface area (Å²) in [5.74, 6) is 1.45. The lowest BCUT2D eigenvalue weighted by Crippen LogP contribution is -1.96. The predicted molar refractivity (Wildman–Crippen MR) is 72.1 cm³/mol. The van der Waals surface area contributed by atoms with Gasteiger partial charge in [-0.25, -0.2) is 4.68 Å². The molecule has 0 N–H and O–H groups in total. The molecule has 0 aliphatic carbocycles. The predicted octanol–water partition coefficient (Wildman–Crippen LogP) is 4.07. The maximum absolute atomic E-state index is 5.92. The maximum Gasteiger partial charge on any atom is 0.221 e. The van der Waals surface area contributed by atoms with Crippen molar-refractivity contribution in [2.24, 2.45) is 7.05 Å². The lowest BCUT2D eigenvalue weighted by Gasteiger charge is -2.07. The quantitative estimate of drug-likeness (QED) is 0.798. The topological polar surface area (TPSA) is 27.1 Å². The van der Waals surface area contributed by atoms with Gasteiger partial charge in [0.2, 0.25) is 5.88 Å². The fraction of sp³-hybridized carbons (Fsp3) is 0.250. The van der Waals surface area contributed by atoms with E-state index in [4.69, 9.17) is 16.3 Å². The Kier molecular flexibility index (Phi) is 3.74. The summed E-state index contributed by atoms with van der Waals surface area (Å²) in [7, 11) is 1.86. The summed E-state index contributed by atoms with van der Waals surface area (Å²) in [6, 6.07) is 7.32. The van der Waals surface area contributed by atoms with E-state index in [9.17, 15) is 0 Å². The second-order valence-corrected chi connectivity index (χ2v) is 4.68. The van der Waals surface area contributed by atoms with Crippen molar-refractivity contribution in [2.45, 2.75) is 12.3 Å². The molecular weight excluding hydrogens is 304 g/mol. The fourth-order valence-electron chi connectivity index (χ4n) is 1.60. The minimum absolute atomic E-state index is 0.654. The van der Waals surface area contributed by atoms with Crippen molar-refractivity contribution in [3.05, 3.63) is 40.5 Å². The van der Waals surface area contributed by atoms with E-state index in [-0.39, 0.29) is 0 Å². The molecular formula is C12H12BrClN2O. The molecule has 5 heteroatoms. The van der Waals surface area contributed by atoms with E-state index in [2.05, 4.69) is 21.0 Å². The number of alkyl halides is 1. The molecule has 0 aliphatic heterocycles. The molecule has 2 aromatic rings. The van der Waals surface area contributed by atoms with Crippen LogP contribution in [0.4, 0.5) is 0 Å². The molecule has 0 saturated heterocycles. The van der Waals surface area contributed by atoms with Gasteiger partial charge in [0, 0.05) is 23.0 Å². The lowest BCUT2D eigenvalue weighted by atomic mass is 10.3. The lowest BCUT2D eigenvalue weighted by molar-refractivity contribution is 0.427. The van der Waals surface area contributed by atoms with Gasteiger partial charge in [-0.3, -0.25) is 0 Å². The normalized spacial score (nSPS) is 10.6. The summed E-state index contributed by atoms with van der Waals surface area (Å²) in [4.78, 5) is 0. The Balaban J connectivity index is 2.36. The van der Waals surface area contributed by atoms with Gasteiger partial charge in [-0.15, -0.1) is 0 Å². The monoisotopic (exact) mass is 314 g/mol. The van der Waals surface area contributed by atoms with Crippen LogP contribution in [-0.4, -0.2) is 9.78 Å². The summed E-state index contributed by atoms with van der Waals surface area (Å²) in [5.41, 5.74) is 2.01. The van der Waals surface area contributed by atoms with Crippen molar-refractivity contribution in [1.29, 1.82) is 0 Å². The second-order valence-electron chi connectivity index (χ2n) is 3.69. The van der Waals surface area contributed by atoms with Crippen LogP contribution in [0.3, 0.4) is 0 Å². The van der Waals surface area contributed by atoms with E-state index in [1.165, 1.54) is 0 Å². The van der Waals surface area contributed by atoms with Gasteiger partial charge in [0.15, 0.2) is 0 Å². The number of nitrogens with zero attached hydrogens (tertiary/aromatic N) is 2. The average molecular weight is 316 g/mol. The van der Waals surface area contributed by atoms with Crippen molar-refractivity contribution in [3.63, 3.8) is 0 Å². The Hall–Kier alpha value is -1.000. The summed E-state index contributed by atoms with van der Waals surface area (Å²) in [5, 5.41) is 5.69. The third-order valence-corrected chi connectivity index (χ3v) is 3.23. The highest BCUT2D eigenvalue weighted by atomic mass is 79.9. The zero-order valence-electron chi connectivity index (χ0n) is 9.58. The smallest absolute Gasteiger partial charge is 0.221 e. The maximum atomic E-state index is 5.92. The third-order valence-electron chi connectivity index (χ3n) is 2.43. The van der Waals surface area contributed by atoms with Gasteiger partial charge in [0.05, 0.1) is 5.69 Å². The molecule has 1 aromatic heterocycles. The number of ether oxygens (including phenoxy) is 1. The van der Waals surface area contributed by atoms with Crippen LogP contribution in [-0.2, 0) is 12.4 Å². The first-order valence-corrected chi connectivity index (χ1v) is 6.63. The molecule has 1 aromatic carbocycles. The van der Waals surface area contributed by atoms with Crippen molar-refractivity contribution < 1.29 is 4.74 Å². The molecule has 0 bridgehead atoms. The van der Waals surface area contributed by atoms with Crippen LogP contribution in [0.25, 0.3) is 0 Å². The first-order chi connectivity index (χ1) is 8.11. The van der Waals surface area contributed by atoms with E-state index < -0.39 is 0 Å². The molecule has 2 rings (SSSR count). The minimum atomic E-state index is 0.654. The molecule has 0 aliphatic rings. The fourth-order valence-corrected chi connectivity index (χ4v) is 2.43. The number of hydrogen-bond acceptors (Lipinski definition) is 2. The summed E-state index contributed by atoms with van der Waals surface area (Å²) in [6.45, 7) is 1.96. The molecule has 0 amide bonds. The van der Waals surface area contributed by atoms with Crippen molar-refractivity contribution in [2.75, 3.05) is 0 Å². The number of benzene rings is 1. The minimum Gasteiger partial charge on any atom is -0.439 e. The molecule has 3 nitrogen and oxygen atoms in total. The molecule has 1 heterocycles. The highest BCUT2D eigenvalue weighted by Gasteiger charge is 2.14. The molecule has 0 radical (unpaired) electrons. The summed E-state index contributed by atoms with van der Waals surface area (Å²) in [6.07, 6.45) is 0. The zero-order valence-corrected chi connectivity index (χ0v) is 11.9. The first kappa shape index (κ1) is 12.5. The van der Waals surface area contributed by atoms with E-state index in [1.807, 2.05) is 32.2 Å². The molecule has 0 fully saturated rings. The van der Waals surface area contributed by atoms with Gasteiger partial charge < -0.3 is 4.74 Å². The molecule has 90 valence electrons. The van der Waals surface area contributed by atoms with Crippen LogP contribution in [0, 0.1) is 6.92 Å². The van der Waals surface area contributed by atoms with E-state index >= 15 is 0 Å². The molecule has 0 spiro atoms. The number of rotatable bonds is 3. The number of hydrogen-bond donors (Lipinski definition) is 0. The number of halogens is 2. The highest BCUT2D eigenvalue weighted by molar-refractivity contribution is 9.08. The third kappa shape index (κ3) is 2.64. The zero-order chi connectivity index (χ0) is 12.4. The van der Waals surface area contributed by atoms with Gasteiger partial charge in [-0.05, 0) is 25.1 Å². The van der Waals surface area contributed by atoms with Crippen molar-refractivity contribution >= 4 is 27.5 Å². The van der Waals surface area contributed by atoms with Crippen LogP contribution < -0.4 is 4.74 Å². The second kappa shape index (κ2) is 5.10. The largest absolute Gasteiger partial charge is 0.439 e. The Bertz CT molecular complexity index is 539. The van der Waals surface area contributed by atoms with Gasteiger partial charge in [-0.2, -0.15) is 5.10 Å². The highest BCUT2D eigenvalue weighted by Crippen LogP contribution is 2.29.